The highest BCUT2D eigenvalue weighted by molar-refractivity contribution is 5.26. The van der Waals surface area contributed by atoms with Crippen LogP contribution in [0.1, 0.15) is 50.3 Å². The fourth-order valence-electron chi connectivity index (χ4n) is 3.94. The van der Waals surface area contributed by atoms with Crippen LogP contribution in [-0.4, -0.2) is 32.0 Å². The van der Waals surface area contributed by atoms with Crippen molar-refractivity contribution in [3.05, 3.63) is 42.6 Å². The molecular weight excluding hydrogens is 260 g/mol. The van der Waals surface area contributed by atoms with Gasteiger partial charge >= 0.3 is 0 Å². The van der Waals surface area contributed by atoms with Crippen LogP contribution in [0.5, 0.6) is 0 Å². The molecule has 3 heterocycles. The summed E-state index contributed by atoms with van der Waals surface area (Å²) in [5.41, 5.74) is 1.23. The molecule has 4 heteroatoms. The van der Waals surface area contributed by atoms with Crippen molar-refractivity contribution < 1.29 is 0 Å². The molecule has 1 saturated heterocycles. The van der Waals surface area contributed by atoms with Crippen LogP contribution in [0, 0.1) is 0 Å². The molecule has 110 valence electrons. The standard InChI is InChI=1S/C17H22N4/c1-2-6-14(5-1)21-11-4-8-16(21)15-7-3-9-17(19-15)20-12-10-18-13-20/h3,7,9-10,12-14,16H,1-2,4-6,8,11H2/t16-/m1/s1. The normalized spacial score (nSPS) is 23.9. The first-order chi connectivity index (χ1) is 10.4. The van der Waals surface area contributed by atoms with Crippen molar-refractivity contribution in [3.8, 4) is 5.82 Å². The molecule has 1 aliphatic carbocycles. The lowest BCUT2D eigenvalue weighted by Crippen LogP contribution is -2.33. The third kappa shape index (κ3) is 2.48. The SMILES string of the molecule is c1cc([C@H]2CCCN2C2CCCC2)nc(-n2ccnc2)c1. The Morgan fingerprint density at radius 3 is 2.76 bits per heavy atom. The van der Waals surface area contributed by atoms with Crippen molar-refractivity contribution in [1.82, 2.24) is 19.4 Å². The summed E-state index contributed by atoms with van der Waals surface area (Å²) >= 11 is 0. The fourth-order valence-corrected chi connectivity index (χ4v) is 3.94. The van der Waals surface area contributed by atoms with E-state index in [1.807, 2.05) is 17.1 Å². The van der Waals surface area contributed by atoms with Gasteiger partial charge in [-0.05, 0) is 44.4 Å². The zero-order valence-electron chi connectivity index (χ0n) is 12.4. The third-order valence-electron chi connectivity index (χ3n) is 4.95. The van der Waals surface area contributed by atoms with Gasteiger partial charge in [0.1, 0.15) is 12.1 Å². The number of pyridine rings is 1. The Bertz CT molecular complexity index is 587. The highest BCUT2D eigenvalue weighted by atomic mass is 15.2. The number of hydrogen-bond donors (Lipinski definition) is 0. The van der Waals surface area contributed by atoms with Gasteiger partial charge < -0.3 is 0 Å². The maximum absolute atomic E-state index is 4.90. The second-order valence-electron chi connectivity index (χ2n) is 6.22. The van der Waals surface area contributed by atoms with Crippen molar-refractivity contribution in [2.75, 3.05) is 6.54 Å². The molecule has 0 unspecified atom stereocenters. The molecule has 1 saturated carbocycles. The third-order valence-corrected chi connectivity index (χ3v) is 4.95. The molecular formula is C17H22N4. The van der Waals surface area contributed by atoms with Gasteiger partial charge in [-0.1, -0.05) is 18.9 Å². The lowest BCUT2D eigenvalue weighted by atomic mass is 10.1. The van der Waals surface area contributed by atoms with E-state index in [0.717, 1.165) is 11.9 Å². The minimum atomic E-state index is 0.511. The summed E-state index contributed by atoms with van der Waals surface area (Å²) in [7, 11) is 0. The molecule has 21 heavy (non-hydrogen) atoms. The molecule has 0 amide bonds. The summed E-state index contributed by atoms with van der Waals surface area (Å²) in [4.78, 5) is 11.7. The van der Waals surface area contributed by atoms with Gasteiger partial charge in [-0.25, -0.2) is 9.97 Å². The van der Waals surface area contributed by atoms with Gasteiger partial charge in [0.05, 0.1) is 11.7 Å². The Labute approximate surface area is 125 Å². The first-order valence-electron chi connectivity index (χ1n) is 8.13. The minimum Gasteiger partial charge on any atom is -0.292 e. The Balaban J connectivity index is 1.61. The molecule has 0 bridgehead atoms. The monoisotopic (exact) mass is 282 g/mol. The van der Waals surface area contributed by atoms with E-state index in [1.54, 1.807) is 6.20 Å². The summed E-state index contributed by atoms with van der Waals surface area (Å²) in [5.74, 6) is 0.975. The number of likely N-dealkylation sites (tertiary alicyclic amines) is 1. The van der Waals surface area contributed by atoms with E-state index in [9.17, 15) is 0 Å². The number of aromatic nitrogens is 3. The number of hydrogen-bond acceptors (Lipinski definition) is 3. The van der Waals surface area contributed by atoms with Gasteiger partial charge in [-0.15, -0.1) is 0 Å². The van der Waals surface area contributed by atoms with Crippen molar-refractivity contribution in [2.45, 2.75) is 50.6 Å². The average Bonchev–Trinajstić information content (AvgIpc) is 3.26. The highest BCUT2D eigenvalue weighted by Crippen LogP contribution is 2.37. The van der Waals surface area contributed by atoms with Crippen LogP contribution in [0.25, 0.3) is 5.82 Å². The molecule has 2 aromatic heterocycles. The van der Waals surface area contributed by atoms with Crippen LogP contribution >= 0.6 is 0 Å². The number of imidazole rings is 1. The lowest BCUT2D eigenvalue weighted by Gasteiger charge is -2.30. The molecule has 4 rings (SSSR count). The second kappa shape index (κ2) is 5.60. The second-order valence-corrected chi connectivity index (χ2v) is 6.22. The highest BCUT2D eigenvalue weighted by Gasteiger charge is 2.33. The van der Waals surface area contributed by atoms with Gasteiger partial charge in [-0.2, -0.15) is 0 Å². The van der Waals surface area contributed by atoms with Gasteiger partial charge in [0.2, 0.25) is 0 Å². The molecule has 2 aliphatic rings. The smallest absolute Gasteiger partial charge is 0.138 e. The Morgan fingerprint density at radius 2 is 1.95 bits per heavy atom. The predicted octanol–water partition coefficient (Wildman–Crippen LogP) is 3.35. The Hall–Kier alpha value is -1.68. The average molecular weight is 282 g/mol. The minimum absolute atomic E-state index is 0.511. The molecule has 2 fully saturated rings. The molecule has 1 aliphatic heterocycles. The summed E-state index contributed by atoms with van der Waals surface area (Å²) in [6.45, 7) is 1.24. The van der Waals surface area contributed by atoms with Crippen molar-refractivity contribution in [1.29, 1.82) is 0 Å². The fraction of sp³-hybridized carbons (Fsp3) is 0.529. The summed E-state index contributed by atoms with van der Waals surface area (Å²) in [6.07, 6.45) is 13.7. The molecule has 4 nitrogen and oxygen atoms in total. The van der Waals surface area contributed by atoms with Gasteiger partial charge in [0.15, 0.2) is 0 Å². The molecule has 0 N–H and O–H groups in total. The zero-order valence-corrected chi connectivity index (χ0v) is 12.4. The van der Waals surface area contributed by atoms with E-state index in [4.69, 9.17) is 4.98 Å². The van der Waals surface area contributed by atoms with Gasteiger partial charge in [-0.3, -0.25) is 9.47 Å². The Kier molecular flexibility index (Phi) is 3.47. The first kappa shape index (κ1) is 13.0. The lowest BCUT2D eigenvalue weighted by molar-refractivity contribution is 0.180. The van der Waals surface area contributed by atoms with Crippen molar-refractivity contribution in [2.24, 2.45) is 0 Å². The van der Waals surface area contributed by atoms with Crippen molar-refractivity contribution >= 4 is 0 Å². The topological polar surface area (TPSA) is 34.0 Å². The predicted molar refractivity (Wildman–Crippen MR) is 82.3 cm³/mol. The van der Waals surface area contributed by atoms with Crippen molar-refractivity contribution in [3.63, 3.8) is 0 Å². The molecule has 0 spiro atoms. The van der Waals surface area contributed by atoms with Crippen LogP contribution < -0.4 is 0 Å². The van der Waals surface area contributed by atoms with E-state index in [0.29, 0.717) is 6.04 Å². The maximum atomic E-state index is 4.90. The number of rotatable bonds is 3. The molecule has 0 radical (unpaired) electrons. The van der Waals surface area contributed by atoms with E-state index in [1.165, 1.54) is 50.8 Å². The summed E-state index contributed by atoms with van der Waals surface area (Å²) < 4.78 is 1.98. The molecule has 2 aromatic rings. The number of nitrogens with zero attached hydrogens (tertiary/aromatic N) is 4. The quantitative estimate of drug-likeness (QED) is 0.865. The van der Waals surface area contributed by atoms with E-state index in [2.05, 4.69) is 28.1 Å². The zero-order chi connectivity index (χ0) is 14.1. The first-order valence-corrected chi connectivity index (χ1v) is 8.13. The van der Waals surface area contributed by atoms with Crippen LogP contribution in [-0.2, 0) is 0 Å². The van der Waals surface area contributed by atoms with Gasteiger partial charge in [0.25, 0.3) is 0 Å². The largest absolute Gasteiger partial charge is 0.292 e. The summed E-state index contributed by atoms with van der Waals surface area (Å²) in [6, 6.07) is 7.68. The van der Waals surface area contributed by atoms with Crippen LogP contribution in [0.15, 0.2) is 36.9 Å². The maximum Gasteiger partial charge on any atom is 0.138 e. The molecule has 1 atom stereocenters. The Morgan fingerprint density at radius 1 is 1.05 bits per heavy atom. The van der Waals surface area contributed by atoms with Crippen LogP contribution in [0.3, 0.4) is 0 Å². The van der Waals surface area contributed by atoms with Crippen LogP contribution in [0.4, 0.5) is 0 Å². The van der Waals surface area contributed by atoms with Crippen LogP contribution in [0.2, 0.25) is 0 Å². The summed E-state index contributed by atoms with van der Waals surface area (Å²) in [5, 5.41) is 0. The van der Waals surface area contributed by atoms with E-state index >= 15 is 0 Å². The molecule has 0 aromatic carbocycles. The van der Waals surface area contributed by atoms with E-state index in [-0.39, 0.29) is 0 Å². The van der Waals surface area contributed by atoms with E-state index < -0.39 is 0 Å². The van der Waals surface area contributed by atoms with Gasteiger partial charge in [0, 0.05) is 18.4 Å².